The second-order valence-electron chi connectivity index (χ2n) is 5.64. The topological polar surface area (TPSA) is 40.5 Å². The van der Waals surface area contributed by atoms with Crippen LogP contribution in [0.15, 0.2) is 18.2 Å². The van der Waals surface area contributed by atoms with Gasteiger partial charge in [-0.3, -0.25) is 9.69 Å². The molecule has 17 heavy (non-hydrogen) atoms. The molecular weight excluding hydrogens is 214 g/mol. The Balaban J connectivity index is 2.20. The lowest BCUT2D eigenvalue weighted by molar-refractivity contribution is -0.146. The van der Waals surface area contributed by atoms with Crippen LogP contribution in [0.3, 0.4) is 0 Å². The summed E-state index contributed by atoms with van der Waals surface area (Å²) in [5.41, 5.74) is 3.13. The summed E-state index contributed by atoms with van der Waals surface area (Å²) in [4.78, 5) is 13.4. The smallest absolute Gasteiger partial charge is 0.309 e. The number of hydrogen-bond acceptors (Lipinski definition) is 2. The Hall–Kier alpha value is -1.35. The monoisotopic (exact) mass is 233 g/mol. The third-order valence-electron chi connectivity index (χ3n) is 3.38. The van der Waals surface area contributed by atoms with E-state index >= 15 is 0 Å². The molecule has 0 spiro atoms. The van der Waals surface area contributed by atoms with Crippen molar-refractivity contribution in [3.8, 4) is 0 Å². The van der Waals surface area contributed by atoms with Crippen LogP contribution < -0.4 is 0 Å². The van der Waals surface area contributed by atoms with Gasteiger partial charge in [0, 0.05) is 13.1 Å². The van der Waals surface area contributed by atoms with Gasteiger partial charge in [-0.15, -0.1) is 0 Å². The molecule has 0 radical (unpaired) electrons. The van der Waals surface area contributed by atoms with Gasteiger partial charge in [-0.05, 0) is 44.0 Å². The fourth-order valence-electron chi connectivity index (χ4n) is 2.31. The molecule has 0 saturated carbocycles. The number of hydrogen-bond donors (Lipinski definition) is 1. The Morgan fingerprint density at radius 2 is 2.00 bits per heavy atom. The normalized spacial score (nSPS) is 15.9. The van der Waals surface area contributed by atoms with E-state index in [1.165, 1.54) is 11.1 Å². The van der Waals surface area contributed by atoms with Crippen molar-refractivity contribution in [1.82, 2.24) is 4.90 Å². The molecule has 0 fully saturated rings. The first-order valence-corrected chi connectivity index (χ1v) is 5.91. The van der Waals surface area contributed by atoms with Crippen molar-refractivity contribution < 1.29 is 9.90 Å². The zero-order valence-electron chi connectivity index (χ0n) is 10.7. The van der Waals surface area contributed by atoms with Gasteiger partial charge in [0.05, 0.1) is 5.41 Å². The molecule has 1 aromatic carbocycles. The number of carboxylic acids is 1. The van der Waals surface area contributed by atoms with E-state index in [1.54, 1.807) is 13.8 Å². The van der Waals surface area contributed by atoms with Crippen LogP contribution in [0.2, 0.25) is 0 Å². The number of nitrogens with zero attached hydrogens (tertiary/aromatic N) is 1. The van der Waals surface area contributed by atoms with E-state index in [4.69, 9.17) is 5.11 Å². The predicted molar refractivity (Wildman–Crippen MR) is 66.7 cm³/mol. The summed E-state index contributed by atoms with van der Waals surface area (Å²) in [6.07, 6.45) is 0.583. The third kappa shape index (κ3) is 2.50. The molecular formula is C14H19NO2. The standard InChI is InChI=1S/C14H19NO2/c1-14(2,13(16)17)7-10-4-5-11-8-15(3)9-12(11)6-10/h4-6H,7-9H2,1-3H3,(H,16,17). The first-order valence-electron chi connectivity index (χ1n) is 5.91. The van der Waals surface area contributed by atoms with Gasteiger partial charge in [0.25, 0.3) is 0 Å². The Labute approximate surface area is 102 Å². The van der Waals surface area contributed by atoms with Crippen molar-refractivity contribution in [2.24, 2.45) is 5.41 Å². The van der Waals surface area contributed by atoms with Gasteiger partial charge in [0.1, 0.15) is 0 Å². The number of rotatable bonds is 3. The summed E-state index contributed by atoms with van der Waals surface area (Å²) in [6.45, 7) is 5.51. The van der Waals surface area contributed by atoms with Crippen molar-refractivity contribution in [1.29, 1.82) is 0 Å². The minimum atomic E-state index is -0.741. The van der Waals surface area contributed by atoms with Gasteiger partial charge in [-0.25, -0.2) is 0 Å². The molecule has 0 bridgehead atoms. The van der Waals surface area contributed by atoms with Crippen LogP contribution in [0.1, 0.15) is 30.5 Å². The van der Waals surface area contributed by atoms with E-state index in [0.717, 1.165) is 18.7 Å². The number of benzene rings is 1. The molecule has 1 aliphatic heterocycles. The van der Waals surface area contributed by atoms with Gasteiger partial charge in [0.15, 0.2) is 0 Å². The molecule has 1 aliphatic rings. The predicted octanol–water partition coefficient (Wildman–Crippen LogP) is 2.29. The van der Waals surface area contributed by atoms with E-state index < -0.39 is 11.4 Å². The average molecular weight is 233 g/mol. The van der Waals surface area contributed by atoms with Crippen LogP contribution in [-0.2, 0) is 24.3 Å². The molecule has 1 heterocycles. The fourth-order valence-corrected chi connectivity index (χ4v) is 2.31. The molecule has 3 heteroatoms. The Bertz CT molecular complexity index is 452. The van der Waals surface area contributed by atoms with Gasteiger partial charge < -0.3 is 5.11 Å². The molecule has 1 aromatic rings. The van der Waals surface area contributed by atoms with E-state index in [9.17, 15) is 4.79 Å². The van der Waals surface area contributed by atoms with E-state index in [0.29, 0.717) is 6.42 Å². The van der Waals surface area contributed by atoms with Crippen LogP contribution in [0.25, 0.3) is 0 Å². The minimum absolute atomic E-state index is 0.583. The second-order valence-corrected chi connectivity index (χ2v) is 5.64. The molecule has 0 atom stereocenters. The maximum absolute atomic E-state index is 11.1. The molecule has 0 aromatic heterocycles. The molecule has 1 N–H and O–H groups in total. The zero-order valence-corrected chi connectivity index (χ0v) is 10.7. The van der Waals surface area contributed by atoms with E-state index in [2.05, 4.69) is 30.1 Å². The summed E-state index contributed by atoms with van der Waals surface area (Å²) < 4.78 is 0. The lowest BCUT2D eigenvalue weighted by Gasteiger charge is -2.19. The fraction of sp³-hybridized carbons (Fsp3) is 0.500. The number of aliphatic carboxylic acids is 1. The number of carbonyl (C=O) groups is 1. The number of carboxylic acid groups (broad SMARTS) is 1. The second kappa shape index (κ2) is 4.15. The minimum Gasteiger partial charge on any atom is -0.481 e. The summed E-state index contributed by atoms with van der Waals surface area (Å²) >= 11 is 0. The van der Waals surface area contributed by atoms with Gasteiger partial charge in [-0.2, -0.15) is 0 Å². The van der Waals surface area contributed by atoms with Crippen LogP contribution >= 0.6 is 0 Å². The molecule has 0 saturated heterocycles. The van der Waals surface area contributed by atoms with E-state index in [1.807, 2.05) is 0 Å². The van der Waals surface area contributed by atoms with Crippen LogP contribution in [0.5, 0.6) is 0 Å². The molecule has 0 aliphatic carbocycles. The van der Waals surface area contributed by atoms with Crippen LogP contribution in [0, 0.1) is 5.41 Å². The highest BCUT2D eigenvalue weighted by molar-refractivity contribution is 5.74. The first-order chi connectivity index (χ1) is 7.88. The highest BCUT2D eigenvalue weighted by atomic mass is 16.4. The Morgan fingerprint density at radius 1 is 1.35 bits per heavy atom. The maximum Gasteiger partial charge on any atom is 0.309 e. The van der Waals surface area contributed by atoms with Crippen molar-refractivity contribution in [2.75, 3.05) is 7.05 Å². The van der Waals surface area contributed by atoms with Crippen LogP contribution in [-0.4, -0.2) is 23.0 Å². The molecule has 2 rings (SSSR count). The summed E-state index contributed by atoms with van der Waals surface area (Å²) in [7, 11) is 2.10. The molecule has 3 nitrogen and oxygen atoms in total. The quantitative estimate of drug-likeness (QED) is 0.870. The third-order valence-corrected chi connectivity index (χ3v) is 3.38. The highest BCUT2D eigenvalue weighted by Gasteiger charge is 2.28. The molecule has 92 valence electrons. The lowest BCUT2D eigenvalue weighted by atomic mass is 9.85. The average Bonchev–Trinajstić information content (AvgIpc) is 2.56. The van der Waals surface area contributed by atoms with E-state index in [-0.39, 0.29) is 0 Å². The van der Waals surface area contributed by atoms with Crippen LogP contribution in [0.4, 0.5) is 0 Å². The zero-order chi connectivity index (χ0) is 12.6. The van der Waals surface area contributed by atoms with Crippen molar-refractivity contribution >= 4 is 5.97 Å². The maximum atomic E-state index is 11.1. The summed E-state index contributed by atoms with van der Waals surface area (Å²) in [6, 6.07) is 6.35. The van der Waals surface area contributed by atoms with Crippen molar-refractivity contribution in [2.45, 2.75) is 33.4 Å². The summed E-state index contributed by atoms with van der Waals surface area (Å²) in [5.74, 6) is -0.741. The summed E-state index contributed by atoms with van der Waals surface area (Å²) in [5, 5.41) is 9.13. The first kappa shape index (κ1) is 12.1. The molecule has 0 unspecified atom stereocenters. The number of fused-ring (bicyclic) bond motifs is 1. The van der Waals surface area contributed by atoms with Gasteiger partial charge in [0.2, 0.25) is 0 Å². The molecule has 0 amide bonds. The van der Waals surface area contributed by atoms with Gasteiger partial charge >= 0.3 is 5.97 Å². The van der Waals surface area contributed by atoms with Crippen molar-refractivity contribution in [3.05, 3.63) is 34.9 Å². The van der Waals surface area contributed by atoms with Gasteiger partial charge in [-0.1, -0.05) is 18.2 Å². The SMILES string of the molecule is CN1Cc2ccc(CC(C)(C)C(=O)O)cc2C1. The Morgan fingerprint density at radius 3 is 2.65 bits per heavy atom. The lowest BCUT2D eigenvalue weighted by Crippen LogP contribution is -2.26. The van der Waals surface area contributed by atoms with Crippen molar-refractivity contribution in [3.63, 3.8) is 0 Å². The highest BCUT2D eigenvalue weighted by Crippen LogP contribution is 2.27. The Kier molecular flexibility index (Phi) is 2.96. The largest absolute Gasteiger partial charge is 0.481 e.